The minimum atomic E-state index is 0.257. The maximum atomic E-state index is 12.1. The number of hydrogen-bond donors (Lipinski definition) is 0. The maximum Gasteiger partial charge on any atom is 0.165 e. The van der Waals surface area contributed by atoms with E-state index in [1.54, 1.807) is 11.8 Å². The van der Waals surface area contributed by atoms with Crippen molar-refractivity contribution in [3.63, 3.8) is 0 Å². The largest absolute Gasteiger partial charge is 0.294 e. The van der Waals surface area contributed by atoms with Gasteiger partial charge in [0.25, 0.3) is 0 Å². The first kappa shape index (κ1) is 11.5. The van der Waals surface area contributed by atoms with E-state index in [4.69, 9.17) is 0 Å². The molecular formula is C16H14OS. The number of ketones is 1. The van der Waals surface area contributed by atoms with Crippen LogP contribution < -0.4 is 0 Å². The van der Waals surface area contributed by atoms with Gasteiger partial charge < -0.3 is 0 Å². The molecule has 2 aromatic rings. The Hall–Kier alpha value is -1.54. The van der Waals surface area contributed by atoms with E-state index in [9.17, 15) is 4.79 Å². The van der Waals surface area contributed by atoms with E-state index in [1.807, 2.05) is 24.3 Å². The van der Waals surface area contributed by atoms with E-state index in [0.29, 0.717) is 6.42 Å². The molecule has 1 unspecified atom stereocenters. The minimum Gasteiger partial charge on any atom is -0.294 e. The molecule has 1 aliphatic heterocycles. The fraction of sp³-hybridized carbons (Fsp3) is 0.188. The summed E-state index contributed by atoms with van der Waals surface area (Å²) in [5, 5.41) is 0.257. The zero-order chi connectivity index (χ0) is 12.5. The second-order valence-corrected chi connectivity index (χ2v) is 5.89. The van der Waals surface area contributed by atoms with E-state index < -0.39 is 0 Å². The predicted octanol–water partition coefficient (Wildman–Crippen LogP) is 4.41. The van der Waals surface area contributed by atoms with Crippen LogP contribution in [0.5, 0.6) is 0 Å². The van der Waals surface area contributed by atoms with Crippen molar-refractivity contribution < 1.29 is 4.79 Å². The van der Waals surface area contributed by atoms with Crippen LogP contribution in [0.25, 0.3) is 0 Å². The molecule has 1 heterocycles. The SMILES string of the molecule is Cc1cccc(C2CC(=O)c3ccccc3S2)c1. The molecule has 1 aliphatic rings. The topological polar surface area (TPSA) is 17.1 Å². The molecule has 2 heteroatoms. The van der Waals surface area contributed by atoms with Gasteiger partial charge in [0.05, 0.1) is 0 Å². The van der Waals surface area contributed by atoms with E-state index in [1.165, 1.54) is 11.1 Å². The summed E-state index contributed by atoms with van der Waals surface area (Å²) in [6.45, 7) is 2.09. The number of hydrogen-bond acceptors (Lipinski definition) is 2. The average molecular weight is 254 g/mol. The van der Waals surface area contributed by atoms with Gasteiger partial charge in [0.1, 0.15) is 0 Å². The smallest absolute Gasteiger partial charge is 0.165 e. The summed E-state index contributed by atoms with van der Waals surface area (Å²) < 4.78 is 0. The van der Waals surface area contributed by atoms with E-state index in [0.717, 1.165) is 10.5 Å². The Morgan fingerprint density at radius 2 is 1.94 bits per heavy atom. The predicted molar refractivity (Wildman–Crippen MR) is 75.2 cm³/mol. The fourth-order valence-corrected chi connectivity index (χ4v) is 3.62. The van der Waals surface area contributed by atoms with Gasteiger partial charge in [-0.15, -0.1) is 11.8 Å². The Kier molecular flexibility index (Phi) is 2.96. The third-order valence-electron chi connectivity index (χ3n) is 3.24. The number of aryl methyl sites for hydroxylation is 1. The van der Waals surface area contributed by atoms with Crippen molar-refractivity contribution in [2.75, 3.05) is 0 Å². The van der Waals surface area contributed by atoms with Crippen LogP contribution in [0.15, 0.2) is 53.4 Å². The van der Waals surface area contributed by atoms with Gasteiger partial charge in [-0.05, 0) is 18.6 Å². The van der Waals surface area contributed by atoms with Crippen molar-refractivity contribution in [1.82, 2.24) is 0 Å². The molecule has 1 nitrogen and oxygen atoms in total. The van der Waals surface area contributed by atoms with Gasteiger partial charge in [-0.3, -0.25) is 4.79 Å². The average Bonchev–Trinajstić information content (AvgIpc) is 2.39. The number of benzene rings is 2. The summed E-state index contributed by atoms with van der Waals surface area (Å²) in [6, 6.07) is 16.4. The van der Waals surface area contributed by atoms with Crippen LogP contribution in [0, 0.1) is 6.92 Å². The van der Waals surface area contributed by atoms with Crippen molar-refractivity contribution in [2.24, 2.45) is 0 Å². The first-order chi connectivity index (χ1) is 8.74. The molecule has 18 heavy (non-hydrogen) atoms. The Bertz CT molecular complexity index is 604. The summed E-state index contributed by atoms with van der Waals surface area (Å²) in [5.74, 6) is 0.260. The summed E-state index contributed by atoms with van der Waals surface area (Å²) in [6.07, 6.45) is 0.602. The number of fused-ring (bicyclic) bond motifs is 1. The van der Waals surface area contributed by atoms with Crippen LogP contribution in [0.2, 0.25) is 0 Å². The number of rotatable bonds is 1. The normalized spacial score (nSPS) is 18.5. The van der Waals surface area contributed by atoms with Gasteiger partial charge in [0, 0.05) is 22.1 Å². The van der Waals surface area contributed by atoms with Gasteiger partial charge in [-0.2, -0.15) is 0 Å². The van der Waals surface area contributed by atoms with Crippen LogP contribution in [0.1, 0.15) is 33.2 Å². The Balaban J connectivity index is 1.97. The summed E-state index contributed by atoms with van der Waals surface area (Å²) in [7, 11) is 0. The third-order valence-corrected chi connectivity index (χ3v) is 4.57. The summed E-state index contributed by atoms with van der Waals surface area (Å²) in [4.78, 5) is 13.3. The number of thioether (sulfide) groups is 1. The van der Waals surface area contributed by atoms with E-state index in [-0.39, 0.29) is 11.0 Å². The molecule has 90 valence electrons. The number of carbonyl (C=O) groups excluding carboxylic acids is 1. The molecule has 2 aromatic carbocycles. The van der Waals surface area contributed by atoms with Crippen LogP contribution in [-0.4, -0.2) is 5.78 Å². The lowest BCUT2D eigenvalue weighted by Gasteiger charge is -2.23. The van der Waals surface area contributed by atoms with Crippen LogP contribution >= 0.6 is 11.8 Å². The highest BCUT2D eigenvalue weighted by molar-refractivity contribution is 7.99. The fourth-order valence-electron chi connectivity index (χ4n) is 2.33. The van der Waals surface area contributed by atoms with Crippen molar-refractivity contribution >= 4 is 17.5 Å². The molecule has 0 spiro atoms. The van der Waals surface area contributed by atoms with Crippen molar-refractivity contribution in [2.45, 2.75) is 23.5 Å². The molecule has 0 saturated carbocycles. The minimum absolute atomic E-state index is 0.257. The molecule has 3 rings (SSSR count). The molecule has 0 N–H and O–H groups in total. The zero-order valence-electron chi connectivity index (χ0n) is 10.2. The van der Waals surface area contributed by atoms with E-state index >= 15 is 0 Å². The monoisotopic (exact) mass is 254 g/mol. The van der Waals surface area contributed by atoms with Gasteiger partial charge in [0.2, 0.25) is 0 Å². The van der Waals surface area contributed by atoms with Crippen LogP contribution in [0.4, 0.5) is 0 Å². The quantitative estimate of drug-likeness (QED) is 0.749. The van der Waals surface area contributed by atoms with Gasteiger partial charge in [-0.1, -0.05) is 48.0 Å². The second kappa shape index (κ2) is 4.62. The van der Waals surface area contributed by atoms with Crippen molar-refractivity contribution in [3.05, 3.63) is 65.2 Å². The van der Waals surface area contributed by atoms with Gasteiger partial charge in [-0.25, -0.2) is 0 Å². The van der Waals surface area contributed by atoms with Crippen LogP contribution in [0.3, 0.4) is 0 Å². The summed E-state index contributed by atoms with van der Waals surface area (Å²) >= 11 is 1.80. The van der Waals surface area contributed by atoms with Crippen LogP contribution in [-0.2, 0) is 0 Å². The van der Waals surface area contributed by atoms with Crippen molar-refractivity contribution in [3.8, 4) is 0 Å². The molecule has 0 aromatic heterocycles. The van der Waals surface area contributed by atoms with Gasteiger partial charge >= 0.3 is 0 Å². The number of Topliss-reactive ketones (excluding diaryl/α,β-unsaturated/α-hetero) is 1. The molecule has 1 atom stereocenters. The lowest BCUT2D eigenvalue weighted by Crippen LogP contribution is -2.12. The van der Waals surface area contributed by atoms with Gasteiger partial charge in [0.15, 0.2) is 5.78 Å². The molecule has 0 fully saturated rings. The molecular weight excluding hydrogens is 240 g/mol. The lowest BCUT2D eigenvalue weighted by atomic mass is 10.0. The Morgan fingerprint density at radius 3 is 2.78 bits per heavy atom. The second-order valence-electron chi connectivity index (χ2n) is 4.64. The highest BCUT2D eigenvalue weighted by Crippen LogP contribution is 2.44. The van der Waals surface area contributed by atoms with Crippen molar-refractivity contribution in [1.29, 1.82) is 0 Å². The molecule has 0 bridgehead atoms. The molecule has 0 radical (unpaired) electrons. The lowest BCUT2D eigenvalue weighted by molar-refractivity contribution is 0.0976. The molecule has 0 saturated heterocycles. The first-order valence-electron chi connectivity index (χ1n) is 6.09. The maximum absolute atomic E-state index is 12.1. The first-order valence-corrected chi connectivity index (χ1v) is 6.97. The standard InChI is InChI=1S/C16H14OS/c1-11-5-4-6-12(9-11)16-10-14(17)13-7-2-3-8-15(13)18-16/h2-9,16H,10H2,1H3. The number of carbonyl (C=O) groups is 1. The molecule has 0 amide bonds. The Labute approximate surface area is 111 Å². The highest BCUT2D eigenvalue weighted by Gasteiger charge is 2.26. The summed E-state index contributed by atoms with van der Waals surface area (Å²) in [5.41, 5.74) is 3.38. The Morgan fingerprint density at radius 1 is 1.11 bits per heavy atom. The third kappa shape index (κ3) is 2.08. The van der Waals surface area contributed by atoms with E-state index in [2.05, 4.69) is 31.2 Å². The zero-order valence-corrected chi connectivity index (χ0v) is 11.0. The highest BCUT2D eigenvalue weighted by atomic mass is 32.2. The molecule has 0 aliphatic carbocycles.